The Kier molecular flexibility index (Phi) is 5.10. The Labute approximate surface area is 128 Å². The van der Waals surface area contributed by atoms with Crippen LogP contribution in [-0.2, 0) is 19.0 Å². The first-order chi connectivity index (χ1) is 9.62. The van der Waals surface area contributed by atoms with E-state index >= 15 is 0 Å². The van der Waals surface area contributed by atoms with Crippen LogP contribution >= 0.6 is 24.0 Å². The topological polar surface area (TPSA) is 44.8 Å². The Morgan fingerprint density at radius 2 is 2.35 bits per heavy atom. The van der Waals surface area contributed by atoms with Gasteiger partial charge in [-0.2, -0.15) is 0 Å². The largest absolute Gasteiger partial charge is 0.486 e. The van der Waals surface area contributed by atoms with Crippen LogP contribution in [0.3, 0.4) is 0 Å². The van der Waals surface area contributed by atoms with Gasteiger partial charge in [-0.1, -0.05) is 24.8 Å². The molecule has 0 unspecified atom stereocenters. The molecule has 3 atom stereocenters. The number of esters is 1. The lowest BCUT2D eigenvalue weighted by Crippen LogP contribution is -2.48. The molecule has 2 aliphatic rings. The second-order valence-corrected chi connectivity index (χ2v) is 6.50. The molecule has 0 radical (unpaired) electrons. The molecule has 110 valence electrons. The van der Waals surface area contributed by atoms with Crippen molar-refractivity contribution >= 4 is 34.3 Å². The summed E-state index contributed by atoms with van der Waals surface area (Å²) in [6, 6.07) is 0. The van der Waals surface area contributed by atoms with Crippen molar-refractivity contribution in [3.63, 3.8) is 0 Å². The van der Waals surface area contributed by atoms with Gasteiger partial charge >= 0.3 is 5.97 Å². The molecule has 6 heteroatoms. The van der Waals surface area contributed by atoms with E-state index in [1.54, 1.807) is 0 Å². The van der Waals surface area contributed by atoms with Crippen LogP contribution in [0.15, 0.2) is 24.5 Å². The average Bonchev–Trinajstić information content (AvgIpc) is 2.62. The summed E-state index contributed by atoms with van der Waals surface area (Å²) in [5.41, 5.74) is -0.483. The summed E-state index contributed by atoms with van der Waals surface area (Å²) in [4.78, 5) is 11.1. The maximum absolute atomic E-state index is 11.1. The van der Waals surface area contributed by atoms with Gasteiger partial charge in [0.25, 0.3) is 0 Å². The minimum atomic E-state index is -0.483. The van der Waals surface area contributed by atoms with Crippen molar-refractivity contribution in [1.82, 2.24) is 0 Å². The molecule has 4 nitrogen and oxygen atoms in total. The maximum atomic E-state index is 11.1. The standard InChI is InChI=1S/C14H18O4S2/c1-3-20-13(19)18-11-5-4-10-6-8-14(10,11)17-9-7-12(15)16-2/h6-11H,3-5H2,1-2H3/b9-7+/t10-,11-,14-/m0/s1. The van der Waals surface area contributed by atoms with E-state index in [-0.39, 0.29) is 6.10 Å². The average molecular weight is 314 g/mol. The van der Waals surface area contributed by atoms with Gasteiger partial charge in [0.1, 0.15) is 6.10 Å². The minimum absolute atomic E-state index is 0.0913. The first-order valence-electron chi connectivity index (χ1n) is 6.57. The number of carbonyl (C=O) groups is 1. The smallest absolute Gasteiger partial charge is 0.333 e. The van der Waals surface area contributed by atoms with E-state index in [1.165, 1.54) is 31.2 Å². The summed E-state index contributed by atoms with van der Waals surface area (Å²) in [6.07, 6.45) is 8.58. The molecular formula is C14H18O4S2. The molecule has 0 spiro atoms. The number of hydrogen-bond donors (Lipinski definition) is 0. The Bertz CT molecular complexity index is 446. The van der Waals surface area contributed by atoms with Crippen LogP contribution in [0.25, 0.3) is 0 Å². The molecule has 0 aromatic rings. The maximum Gasteiger partial charge on any atom is 0.333 e. The Balaban J connectivity index is 1.99. The van der Waals surface area contributed by atoms with E-state index in [4.69, 9.17) is 21.7 Å². The van der Waals surface area contributed by atoms with Gasteiger partial charge < -0.3 is 14.2 Å². The van der Waals surface area contributed by atoms with Gasteiger partial charge in [-0.25, -0.2) is 4.79 Å². The highest BCUT2D eigenvalue weighted by atomic mass is 32.2. The van der Waals surface area contributed by atoms with Crippen molar-refractivity contribution in [1.29, 1.82) is 0 Å². The fourth-order valence-electron chi connectivity index (χ4n) is 2.54. The highest BCUT2D eigenvalue weighted by molar-refractivity contribution is 8.22. The van der Waals surface area contributed by atoms with E-state index < -0.39 is 11.6 Å². The Morgan fingerprint density at radius 1 is 1.55 bits per heavy atom. The van der Waals surface area contributed by atoms with Crippen molar-refractivity contribution in [2.45, 2.75) is 31.5 Å². The zero-order chi connectivity index (χ0) is 14.6. The number of carbonyl (C=O) groups excluding carboxylic acids is 1. The van der Waals surface area contributed by atoms with Gasteiger partial charge in [0.15, 0.2) is 5.60 Å². The minimum Gasteiger partial charge on any atom is -0.486 e. The molecule has 0 bridgehead atoms. The van der Waals surface area contributed by atoms with Crippen molar-refractivity contribution in [3.05, 3.63) is 24.5 Å². The first-order valence-corrected chi connectivity index (χ1v) is 7.97. The van der Waals surface area contributed by atoms with E-state index in [2.05, 4.69) is 10.8 Å². The van der Waals surface area contributed by atoms with Gasteiger partial charge in [0.05, 0.1) is 19.4 Å². The van der Waals surface area contributed by atoms with Gasteiger partial charge in [-0.15, -0.1) is 0 Å². The van der Waals surface area contributed by atoms with E-state index in [1.807, 2.05) is 13.0 Å². The molecule has 0 N–H and O–H groups in total. The molecule has 2 aliphatic carbocycles. The fourth-order valence-corrected chi connectivity index (χ4v) is 3.43. The summed E-state index contributed by atoms with van der Waals surface area (Å²) in [5, 5.41) is 0. The number of thiocarbonyl (C=S) groups is 1. The summed E-state index contributed by atoms with van der Waals surface area (Å²) in [6.45, 7) is 2.03. The summed E-state index contributed by atoms with van der Waals surface area (Å²) >= 11 is 6.71. The van der Waals surface area contributed by atoms with Crippen molar-refractivity contribution in [2.75, 3.05) is 12.9 Å². The molecule has 2 rings (SSSR count). The molecule has 0 aromatic carbocycles. The van der Waals surface area contributed by atoms with Crippen LogP contribution < -0.4 is 0 Å². The van der Waals surface area contributed by atoms with E-state index in [0.29, 0.717) is 10.3 Å². The lowest BCUT2D eigenvalue weighted by atomic mass is 9.79. The van der Waals surface area contributed by atoms with Crippen LogP contribution in [0, 0.1) is 5.92 Å². The molecule has 0 heterocycles. The lowest BCUT2D eigenvalue weighted by molar-refractivity contribution is -0.135. The van der Waals surface area contributed by atoms with Crippen molar-refractivity contribution < 1.29 is 19.0 Å². The number of rotatable bonds is 5. The highest BCUT2D eigenvalue weighted by Gasteiger charge is 2.56. The van der Waals surface area contributed by atoms with Crippen LogP contribution in [-0.4, -0.2) is 34.9 Å². The highest BCUT2D eigenvalue weighted by Crippen LogP contribution is 2.49. The third-order valence-corrected chi connectivity index (χ3v) is 4.66. The number of thioether (sulfide) groups is 1. The van der Waals surface area contributed by atoms with Gasteiger partial charge in [-0.05, 0) is 36.9 Å². The van der Waals surface area contributed by atoms with E-state index in [0.717, 1.165) is 18.6 Å². The third kappa shape index (κ3) is 3.01. The summed E-state index contributed by atoms with van der Waals surface area (Å²) in [7, 11) is 1.33. The first kappa shape index (κ1) is 15.4. The summed E-state index contributed by atoms with van der Waals surface area (Å²) < 4.78 is 16.7. The number of hydrogen-bond acceptors (Lipinski definition) is 6. The normalized spacial score (nSPS) is 30.7. The molecular weight excluding hydrogens is 296 g/mol. The van der Waals surface area contributed by atoms with Crippen molar-refractivity contribution in [2.24, 2.45) is 5.92 Å². The predicted octanol–water partition coefficient (Wildman–Crippen LogP) is 2.83. The van der Waals surface area contributed by atoms with Crippen LogP contribution in [0.1, 0.15) is 19.8 Å². The second-order valence-electron chi connectivity index (χ2n) is 4.63. The van der Waals surface area contributed by atoms with Gasteiger partial charge in [0, 0.05) is 5.92 Å². The Hall–Kier alpha value is -1.01. The summed E-state index contributed by atoms with van der Waals surface area (Å²) in [5.74, 6) is 0.777. The SMILES string of the molecule is CCSC(=S)O[C@H]1CC[C@H]2C=C[C@]21O/C=C/C(=O)OC. The van der Waals surface area contributed by atoms with Gasteiger partial charge in [0.2, 0.25) is 4.38 Å². The second kappa shape index (κ2) is 6.63. The molecule has 1 saturated carbocycles. The molecule has 0 aromatic heterocycles. The molecule has 0 aliphatic heterocycles. The quantitative estimate of drug-likeness (QED) is 0.256. The monoisotopic (exact) mass is 314 g/mol. The Morgan fingerprint density at radius 3 is 2.95 bits per heavy atom. The van der Waals surface area contributed by atoms with Crippen LogP contribution in [0.4, 0.5) is 0 Å². The number of methoxy groups -OCH3 is 1. The lowest BCUT2D eigenvalue weighted by Gasteiger charge is -2.41. The van der Waals surface area contributed by atoms with Crippen LogP contribution in [0.5, 0.6) is 0 Å². The number of fused-ring (bicyclic) bond motifs is 1. The fraction of sp³-hybridized carbons (Fsp3) is 0.571. The van der Waals surface area contributed by atoms with Crippen LogP contribution in [0.2, 0.25) is 0 Å². The molecule has 1 fully saturated rings. The van der Waals surface area contributed by atoms with Crippen molar-refractivity contribution in [3.8, 4) is 0 Å². The molecule has 0 amide bonds. The zero-order valence-corrected chi connectivity index (χ0v) is 13.2. The number of ether oxygens (including phenoxy) is 3. The molecule has 0 saturated heterocycles. The molecule has 20 heavy (non-hydrogen) atoms. The third-order valence-electron chi connectivity index (χ3n) is 3.59. The van der Waals surface area contributed by atoms with Gasteiger partial charge in [-0.3, -0.25) is 0 Å². The predicted molar refractivity (Wildman–Crippen MR) is 82.4 cm³/mol. The van der Waals surface area contributed by atoms with E-state index in [9.17, 15) is 4.79 Å². The zero-order valence-electron chi connectivity index (χ0n) is 11.5.